The van der Waals surface area contributed by atoms with Crippen LogP contribution >= 0.6 is 10.7 Å². The summed E-state index contributed by atoms with van der Waals surface area (Å²) in [4.78, 5) is 13.6. The number of benzene rings is 1. The molecule has 0 aromatic heterocycles. The molecule has 0 unspecified atom stereocenters. The minimum absolute atomic E-state index is 0.129. The zero-order valence-electron chi connectivity index (χ0n) is 11.0. The van der Waals surface area contributed by atoms with Gasteiger partial charge in [0, 0.05) is 29.3 Å². The van der Waals surface area contributed by atoms with Gasteiger partial charge in [0.1, 0.15) is 0 Å². The van der Waals surface area contributed by atoms with Gasteiger partial charge in [-0.15, -0.1) is 6.58 Å². The highest BCUT2D eigenvalue weighted by atomic mass is 35.7. The van der Waals surface area contributed by atoms with Crippen LogP contribution in [0.15, 0.2) is 35.7 Å². The molecule has 0 atom stereocenters. The standard InChI is InChI=1S/C13H16ClNO4S/c1-3-6-15(7-8-16)13(17)12-9-11(20(14,18)19)5-4-10(12)2/h3-5,9,16H,1,6-8H2,2H3. The monoisotopic (exact) mass is 317 g/mol. The Morgan fingerprint density at radius 3 is 2.65 bits per heavy atom. The molecule has 0 radical (unpaired) electrons. The Hall–Kier alpha value is -1.37. The summed E-state index contributed by atoms with van der Waals surface area (Å²) in [5.74, 6) is -0.376. The first-order valence-electron chi connectivity index (χ1n) is 5.87. The van der Waals surface area contributed by atoms with Crippen molar-refractivity contribution in [2.24, 2.45) is 0 Å². The van der Waals surface area contributed by atoms with E-state index >= 15 is 0 Å². The molecule has 0 spiro atoms. The van der Waals surface area contributed by atoms with E-state index in [0.29, 0.717) is 5.56 Å². The maximum atomic E-state index is 12.4. The normalized spacial score (nSPS) is 11.2. The molecular weight excluding hydrogens is 302 g/mol. The Morgan fingerprint density at radius 2 is 2.15 bits per heavy atom. The Labute approximate surface area is 122 Å². The number of hydrogen-bond acceptors (Lipinski definition) is 4. The van der Waals surface area contributed by atoms with E-state index in [1.165, 1.54) is 29.2 Å². The van der Waals surface area contributed by atoms with Crippen LogP contribution in [0, 0.1) is 6.92 Å². The first kappa shape index (κ1) is 16.7. The van der Waals surface area contributed by atoms with Gasteiger partial charge in [0.15, 0.2) is 0 Å². The van der Waals surface area contributed by atoms with E-state index in [-0.39, 0.29) is 36.1 Å². The molecule has 0 aliphatic rings. The largest absolute Gasteiger partial charge is 0.395 e. The van der Waals surface area contributed by atoms with Crippen LogP contribution in [0.5, 0.6) is 0 Å². The van der Waals surface area contributed by atoms with Gasteiger partial charge in [0.05, 0.1) is 11.5 Å². The average Bonchev–Trinajstić information content (AvgIpc) is 2.37. The molecule has 1 N–H and O–H groups in total. The van der Waals surface area contributed by atoms with Crippen LogP contribution in [0.2, 0.25) is 0 Å². The molecule has 1 rings (SSSR count). The molecule has 1 aromatic rings. The van der Waals surface area contributed by atoms with Crippen molar-refractivity contribution in [2.75, 3.05) is 19.7 Å². The molecule has 1 aromatic carbocycles. The lowest BCUT2D eigenvalue weighted by molar-refractivity contribution is 0.0742. The van der Waals surface area contributed by atoms with Crippen LogP contribution in [0.1, 0.15) is 15.9 Å². The van der Waals surface area contributed by atoms with E-state index < -0.39 is 9.05 Å². The quantitative estimate of drug-likeness (QED) is 0.638. The minimum atomic E-state index is -3.89. The maximum Gasteiger partial charge on any atom is 0.261 e. The van der Waals surface area contributed by atoms with E-state index in [0.717, 1.165) is 0 Å². The third kappa shape index (κ3) is 4.06. The number of carbonyl (C=O) groups is 1. The second kappa shape index (κ2) is 6.88. The van der Waals surface area contributed by atoms with E-state index in [4.69, 9.17) is 15.8 Å². The summed E-state index contributed by atoms with van der Waals surface area (Å²) in [5.41, 5.74) is 0.869. The van der Waals surface area contributed by atoms with Crippen LogP contribution in [0.25, 0.3) is 0 Å². The molecule has 5 nitrogen and oxygen atoms in total. The van der Waals surface area contributed by atoms with Gasteiger partial charge < -0.3 is 10.0 Å². The van der Waals surface area contributed by atoms with Crippen LogP contribution in [-0.2, 0) is 9.05 Å². The van der Waals surface area contributed by atoms with Crippen molar-refractivity contribution >= 4 is 25.6 Å². The predicted octanol–water partition coefficient (Wildman–Crippen LogP) is 1.54. The van der Waals surface area contributed by atoms with Gasteiger partial charge in [0.2, 0.25) is 0 Å². The molecule has 7 heteroatoms. The first-order valence-corrected chi connectivity index (χ1v) is 8.18. The van der Waals surface area contributed by atoms with Crippen molar-refractivity contribution in [2.45, 2.75) is 11.8 Å². The molecule has 110 valence electrons. The SMILES string of the molecule is C=CCN(CCO)C(=O)c1cc(S(=O)(=O)Cl)ccc1C. The topological polar surface area (TPSA) is 74.7 Å². The Bertz CT molecular complexity index is 613. The summed E-state index contributed by atoms with van der Waals surface area (Å²) in [5, 5.41) is 8.97. The van der Waals surface area contributed by atoms with E-state index in [1.807, 2.05) is 0 Å². The molecule has 1 amide bonds. The van der Waals surface area contributed by atoms with E-state index in [9.17, 15) is 13.2 Å². The fourth-order valence-corrected chi connectivity index (χ4v) is 2.48. The third-order valence-corrected chi connectivity index (χ3v) is 4.08. The number of halogens is 1. The van der Waals surface area contributed by atoms with Gasteiger partial charge >= 0.3 is 0 Å². The van der Waals surface area contributed by atoms with Gasteiger partial charge in [-0.05, 0) is 24.6 Å². The number of aliphatic hydroxyl groups excluding tert-OH is 1. The van der Waals surface area contributed by atoms with Crippen LogP contribution in [0.4, 0.5) is 0 Å². The predicted molar refractivity (Wildman–Crippen MR) is 77.4 cm³/mol. The fraction of sp³-hybridized carbons (Fsp3) is 0.308. The smallest absolute Gasteiger partial charge is 0.261 e. The van der Waals surface area contributed by atoms with Crippen molar-refractivity contribution in [3.05, 3.63) is 42.0 Å². The Balaban J connectivity index is 3.23. The molecule has 0 bridgehead atoms. The van der Waals surface area contributed by atoms with Gasteiger partial charge in [0.25, 0.3) is 15.0 Å². The second-order valence-corrected chi connectivity index (χ2v) is 6.74. The van der Waals surface area contributed by atoms with E-state index in [2.05, 4.69) is 6.58 Å². The summed E-state index contributed by atoms with van der Waals surface area (Å²) >= 11 is 0. The highest BCUT2D eigenvalue weighted by Crippen LogP contribution is 2.20. The summed E-state index contributed by atoms with van der Waals surface area (Å²) in [6, 6.07) is 4.11. The first-order chi connectivity index (χ1) is 9.31. The zero-order chi connectivity index (χ0) is 15.3. The lowest BCUT2D eigenvalue weighted by Gasteiger charge is -2.21. The number of rotatable bonds is 6. The highest BCUT2D eigenvalue weighted by molar-refractivity contribution is 8.13. The molecule has 0 heterocycles. The number of aliphatic hydroxyl groups is 1. The summed E-state index contributed by atoms with van der Waals surface area (Å²) in [7, 11) is 1.39. The fourth-order valence-electron chi connectivity index (χ4n) is 1.71. The number of carbonyl (C=O) groups excluding carboxylic acids is 1. The molecule has 0 aliphatic heterocycles. The lowest BCUT2D eigenvalue weighted by Crippen LogP contribution is -2.34. The van der Waals surface area contributed by atoms with Crippen LogP contribution < -0.4 is 0 Å². The van der Waals surface area contributed by atoms with Crippen molar-refractivity contribution in [1.82, 2.24) is 4.90 Å². The third-order valence-electron chi connectivity index (χ3n) is 2.73. The minimum Gasteiger partial charge on any atom is -0.395 e. The van der Waals surface area contributed by atoms with Gasteiger partial charge in [-0.3, -0.25) is 4.79 Å². The number of aryl methyl sites for hydroxylation is 1. The summed E-state index contributed by atoms with van der Waals surface area (Å²) in [6.07, 6.45) is 1.53. The Kier molecular flexibility index (Phi) is 5.74. The maximum absolute atomic E-state index is 12.4. The molecule has 0 aliphatic carbocycles. The van der Waals surface area contributed by atoms with Crippen molar-refractivity contribution in [3.8, 4) is 0 Å². The molecule has 0 saturated carbocycles. The van der Waals surface area contributed by atoms with Crippen molar-refractivity contribution in [3.63, 3.8) is 0 Å². The van der Waals surface area contributed by atoms with Gasteiger partial charge in [-0.1, -0.05) is 12.1 Å². The van der Waals surface area contributed by atoms with Crippen molar-refractivity contribution in [1.29, 1.82) is 0 Å². The van der Waals surface area contributed by atoms with Gasteiger partial charge in [-0.2, -0.15) is 0 Å². The number of amides is 1. The summed E-state index contributed by atoms with van der Waals surface area (Å²) in [6.45, 7) is 5.46. The molecule has 0 fully saturated rings. The molecule has 20 heavy (non-hydrogen) atoms. The zero-order valence-corrected chi connectivity index (χ0v) is 12.6. The van der Waals surface area contributed by atoms with Crippen LogP contribution in [-0.4, -0.2) is 44.0 Å². The number of nitrogens with zero attached hydrogens (tertiary/aromatic N) is 1. The molecular formula is C13H16ClNO4S. The molecule has 0 saturated heterocycles. The summed E-state index contributed by atoms with van der Waals surface area (Å²) < 4.78 is 22.6. The number of hydrogen-bond donors (Lipinski definition) is 1. The highest BCUT2D eigenvalue weighted by Gasteiger charge is 2.19. The average molecular weight is 318 g/mol. The van der Waals surface area contributed by atoms with Gasteiger partial charge in [-0.25, -0.2) is 8.42 Å². The lowest BCUT2D eigenvalue weighted by atomic mass is 10.1. The second-order valence-electron chi connectivity index (χ2n) is 4.18. The van der Waals surface area contributed by atoms with Crippen LogP contribution in [0.3, 0.4) is 0 Å². The van der Waals surface area contributed by atoms with E-state index in [1.54, 1.807) is 6.92 Å². The Morgan fingerprint density at radius 1 is 1.50 bits per heavy atom. The van der Waals surface area contributed by atoms with Crippen molar-refractivity contribution < 1.29 is 18.3 Å².